The van der Waals surface area contributed by atoms with E-state index in [-0.39, 0.29) is 0 Å². The second-order valence-electron chi connectivity index (χ2n) is 2.74. The van der Waals surface area contributed by atoms with Gasteiger partial charge in [-0.1, -0.05) is 0 Å². The summed E-state index contributed by atoms with van der Waals surface area (Å²) in [6.45, 7) is 0. The van der Waals surface area contributed by atoms with Gasteiger partial charge in [-0.2, -0.15) is 15.4 Å². The first-order valence-corrected chi connectivity index (χ1v) is 5.10. The normalized spacial score (nSPS) is 11.1. The number of hydrogen-bond acceptors (Lipinski definition) is 6. The summed E-state index contributed by atoms with van der Waals surface area (Å²) in [6, 6.07) is 0. The first-order valence-electron chi connectivity index (χ1n) is 4.22. The van der Waals surface area contributed by atoms with Gasteiger partial charge in [-0.3, -0.25) is 0 Å². The van der Waals surface area contributed by atoms with Gasteiger partial charge in [-0.05, 0) is 0 Å². The lowest BCUT2D eigenvalue weighted by Crippen LogP contribution is -2.03. The molecule has 0 aliphatic carbocycles. The van der Waals surface area contributed by atoms with Crippen LogP contribution in [-0.2, 0) is 9.47 Å². The third kappa shape index (κ3) is 2.04. The van der Waals surface area contributed by atoms with Crippen LogP contribution in [0.5, 0.6) is 0 Å². The zero-order valence-electron chi connectivity index (χ0n) is 8.30. The quantitative estimate of drug-likeness (QED) is 0.793. The zero-order valence-corrected chi connectivity index (χ0v) is 9.11. The van der Waals surface area contributed by atoms with Crippen LogP contribution in [-0.4, -0.2) is 34.6 Å². The van der Waals surface area contributed by atoms with Gasteiger partial charge in [0.2, 0.25) is 6.29 Å². The van der Waals surface area contributed by atoms with E-state index in [9.17, 15) is 0 Å². The predicted octanol–water partition coefficient (Wildman–Crippen LogP) is 1.22. The zero-order chi connectivity index (χ0) is 10.7. The number of H-pyrrole nitrogens is 1. The third-order valence-corrected chi connectivity index (χ3v) is 2.71. The molecule has 2 aromatic heterocycles. The Morgan fingerprint density at radius 1 is 1.40 bits per heavy atom. The lowest BCUT2D eigenvalue weighted by Gasteiger charge is -2.09. The summed E-state index contributed by atoms with van der Waals surface area (Å²) < 4.78 is 10.2. The Balaban J connectivity index is 2.24. The van der Waals surface area contributed by atoms with Gasteiger partial charge in [-0.25, -0.2) is 4.98 Å². The highest BCUT2D eigenvalue weighted by Crippen LogP contribution is 2.25. The second-order valence-corrected chi connectivity index (χ2v) is 3.59. The Morgan fingerprint density at radius 2 is 2.20 bits per heavy atom. The van der Waals surface area contributed by atoms with Gasteiger partial charge in [0.1, 0.15) is 16.4 Å². The van der Waals surface area contributed by atoms with Crippen molar-refractivity contribution in [2.45, 2.75) is 6.29 Å². The molecule has 0 unspecified atom stereocenters. The molecule has 0 radical (unpaired) electrons. The summed E-state index contributed by atoms with van der Waals surface area (Å²) in [7, 11) is 3.15. The highest BCUT2D eigenvalue weighted by atomic mass is 32.1. The van der Waals surface area contributed by atoms with E-state index < -0.39 is 6.29 Å². The molecular weight excluding hydrogens is 216 g/mol. The van der Waals surface area contributed by atoms with Gasteiger partial charge in [-0.15, -0.1) is 11.3 Å². The summed E-state index contributed by atoms with van der Waals surface area (Å²) in [4.78, 5) is 4.34. The molecule has 2 rings (SSSR count). The molecule has 7 heteroatoms. The molecule has 2 heterocycles. The SMILES string of the molecule is COC(OC)c1csc(-c2cn[nH]n2)n1. The third-order valence-electron chi connectivity index (χ3n) is 1.83. The molecule has 0 aromatic carbocycles. The van der Waals surface area contributed by atoms with Crippen LogP contribution in [0, 0.1) is 0 Å². The Morgan fingerprint density at radius 3 is 2.80 bits per heavy atom. The molecule has 0 aliphatic heterocycles. The van der Waals surface area contributed by atoms with E-state index in [0.717, 1.165) is 16.4 Å². The minimum Gasteiger partial charge on any atom is -0.350 e. The Bertz CT molecular complexity index is 410. The van der Waals surface area contributed by atoms with Crippen molar-refractivity contribution in [2.75, 3.05) is 14.2 Å². The Hall–Kier alpha value is -1.31. The van der Waals surface area contributed by atoms with Gasteiger partial charge in [0.15, 0.2) is 0 Å². The van der Waals surface area contributed by atoms with Crippen molar-refractivity contribution in [3.05, 3.63) is 17.3 Å². The molecular formula is C8H10N4O2S. The average molecular weight is 226 g/mol. The van der Waals surface area contributed by atoms with E-state index in [1.54, 1.807) is 20.4 Å². The van der Waals surface area contributed by atoms with Crippen molar-refractivity contribution < 1.29 is 9.47 Å². The van der Waals surface area contributed by atoms with E-state index in [1.807, 2.05) is 5.38 Å². The van der Waals surface area contributed by atoms with Gasteiger partial charge in [0.25, 0.3) is 0 Å². The topological polar surface area (TPSA) is 72.9 Å². The first-order chi connectivity index (χ1) is 7.35. The minimum atomic E-state index is -0.429. The van der Waals surface area contributed by atoms with Crippen LogP contribution < -0.4 is 0 Å². The van der Waals surface area contributed by atoms with Crippen molar-refractivity contribution in [1.82, 2.24) is 20.4 Å². The van der Waals surface area contributed by atoms with Crippen LogP contribution in [0.15, 0.2) is 11.6 Å². The summed E-state index contributed by atoms with van der Waals surface area (Å²) in [6.07, 6.45) is 1.19. The fraction of sp³-hybridized carbons (Fsp3) is 0.375. The van der Waals surface area contributed by atoms with E-state index in [2.05, 4.69) is 20.4 Å². The molecule has 15 heavy (non-hydrogen) atoms. The van der Waals surface area contributed by atoms with Gasteiger partial charge >= 0.3 is 0 Å². The first kappa shape index (κ1) is 10.2. The molecule has 0 aliphatic rings. The van der Waals surface area contributed by atoms with Crippen molar-refractivity contribution in [3.63, 3.8) is 0 Å². The largest absolute Gasteiger partial charge is 0.350 e. The Labute approximate surface area is 90.3 Å². The molecule has 6 nitrogen and oxygen atoms in total. The summed E-state index contributed by atoms with van der Waals surface area (Å²) in [5, 5.41) is 12.9. The molecule has 0 bridgehead atoms. The maximum Gasteiger partial charge on any atom is 0.201 e. The van der Waals surface area contributed by atoms with Crippen LogP contribution in [0.4, 0.5) is 0 Å². The van der Waals surface area contributed by atoms with Crippen molar-refractivity contribution in [2.24, 2.45) is 0 Å². The van der Waals surface area contributed by atoms with E-state index in [0.29, 0.717) is 0 Å². The van der Waals surface area contributed by atoms with Crippen molar-refractivity contribution >= 4 is 11.3 Å². The number of nitrogens with one attached hydrogen (secondary N) is 1. The molecule has 0 saturated heterocycles. The number of hydrogen-bond donors (Lipinski definition) is 1. The van der Waals surface area contributed by atoms with Gasteiger partial charge in [0, 0.05) is 19.6 Å². The lowest BCUT2D eigenvalue weighted by atomic mass is 10.4. The number of methoxy groups -OCH3 is 2. The van der Waals surface area contributed by atoms with Crippen LogP contribution >= 0.6 is 11.3 Å². The smallest absolute Gasteiger partial charge is 0.201 e. The fourth-order valence-corrected chi connectivity index (χ4v) is 1.93. The lowest BCUT2D eigenvalue weighted by molar-refractivity contribution is -0.108. The van der Waals surface area contributed by atoms with Gasteiger partial charge in [0.05, 0.1) is 6.20 Å². The maximum absolute atomic E-state index is 5.09. The van der Waals surface area contributed by atoms with Crippen molar-refractivity contribution in [1.29, 1.82) is 0 Å². The molecule has 0 amide bonds. The fourth-order valence-electron chi connectivity index (χ4n) is 1.15. The summed E-state index contributed by atoms with van der Waals surface area (Å²) in [5.74, 6) is 0. The highest BCUT2D eigenvalue weighted by molar-refractivity contribution is 7.13. The number of nitrogens with zero attached hydrogens (tertiary/aromatic N) is 3. The summed E-state index contributed by atoms with van der Waals surface area (Å²) >= 11 is 1.47. The highest BCUT2D eigenvalue weighted by Gasteiger charge is 2.14. The number of aromatic nitrogens is 4. The van der Waals surface area contributed by atoms with Crippen LogP contribution in [0.1, 0.15) is 12.0 Å². The average Bonchev–Trinajstić information content (AvgIpc) is 2.89. The van der Waals surface area contributed by atoms with Crippen LogP contribution in [0.3, 0.4) is 0 Å². The molecule has 2 aromatic rings. The standard InChI is InChI=1S/C8H10N4O2S/c1-13-8(14-2)6-4-15-7(10-6)5-3-9-12-11-5/h3-4,8H,1-2H3,(H,9,11,12). The van der Waals surface area contributed by atoms with Crippen molar-refractivity contribution in [3.8, 4) is 10.7 Å². The maximum atomic E-state index is 5.09. The second kappa shape index (κ2) is 4.47. The molecule has 1 N–H and O–H groups in total. The van der Waals surface area contributed by atoms with Crippen LogP contribution in [0.2, 0.25) is 0 Å². The minimum absolute atomic E-state index is 0.429. The molecule has 0 spiro atoms. The predicted molar refractivity (Wildman–Crippen MR) is 54.2 cm³/mol. The number of aromatic amines is 1. The molecule has 0 saturated carbocycles. The summed E-state index contributed by atoms with van der Waals surface area (Å²) in [5.41, 5.74) is 1.46. The number of thiazole rings is 1. The van der Waals surface area contributed by atoms with E-state index in [1.165, 1.54) is 11.3 Å². The molecule has 0 atom stereocenters. The number of rotatable bonds is 4. The Kier molecular flexibility index (Phi) is 3.05. The number of ether oxygens (including phenoxy) is 2. The van der Waals surface area contributed by atoms with E-state index >= 15 is 0 Å². The monoisotopic (exact) mass is 226 g/mol. The molecule has 0 fully saturated rings. The van der Waals surface area contributed by atoms with E-state index in [4.69, 9.17) is 9.47 Å². The van der Waals surface area contributed by atoms with Gasteiger partial charge < -0.3 is 9.47 Å². The van der Waals surface area contributed by atoms with Crippen LogP contribution in [0.25, 0.3) is 10.7 Å². The molecule has 80 valence electrons.